The van der Waals surface area contributed by atoms with Gasteiger partial charge in [-0.3, -0.25) is 0 Å². The van der Waals surface area contributed by atoms with Gasteiger partial charge in [0.25, 0.3) is 0 Å². The number of aliphatic hydroxyl groups is 1. The number of aliphatic hydroxyl groups excluding tert-OH is 1. The van der Waals surface area contributed by atoms with Crippen molar-refractivity contribution in [2.75, 3.05) is 0 Å². The summed E-state index contributed by atoms with van der Waals surface area (Å²) in [4.78, 5) is 0. The highest BCUT2D eigenvalue weighted by molar-refractivity contribution is 5.33. The number of rotatable bonds is 3. The van der Waals surface area contributed by atoms with E-state index in [1.165, 1.54) is 0 Å². The second kappa shape index (κ2) is 4.65. The molecule has 0 saturated heterocycles. The van der Waals surface area contributed by atoms with E-state index in [9.17, 15) is 0 Å². The molecule has 16 heavy (non-hydrogen) atoms. The van der Waals surface area contributed by atoms with Gasteiger partial charge in [-0.05, 0) is 29.3 Å². The molecule has 1 aromatic heterocycles. The van der Waals surface area contributed by atoms with Gasteiger partial charge in [0.15, 0.2) is 0 Å². The van der Waals surface area contributed by atoms with Crippen LogP contribution in [0.2, 0.25) is 0 Å². The van der Waals surface area contributed by atoms with Crippen molar-refractivity contribution in [3.8, 4) is 6.07 Å². The molecule has 1 aromatic carbocycles. The molecule has 0 amide bonds. The van der Waals surface area contributed by atoms with Crippen molar-refractivity contribution in [2.45, 2.75) is 13.2 Å². The standard InChI is InChI=1S/C13H12N2O/c14-7-11-2-1-3-12(6-11)8-15-5-4-13(9-15)10-16/h1-6,9,16H,8,10H2. The van der Waals surface area contributed by atoms with Crippen LogP contribution in [0, 0.1) is 11.3 Å². The Hall–Kier alpha value is -2.05. The number of hydrogen-bond donors (Lipinski definition) is 1. The number of benzene rings is 1. The fraction of sp³-hybridized carbons (Fsp3) is 0.154. The minimum atomic E-state index is 0.0607. The van der Waals surface area contributed by atoms with Gasteiger partial charge in [0.1, 0.15) is 0 Å². The summed E-state index contributed by atoms with van der Waals surface area (Å²) < 4.78 is 1.99. The summed E-state index contributed by atoms with van der Waals surface area (Å²) in [6.07, 6.45) is 3.82. The number of nitriles is 1. The molecule has 0 bridgehead atoms. The molecule has 3 heteroatoms. The average Bonchev–Trinajstić information content (AvgIpc) is 2.77. The van der Waals surface area contributed by atoms with Crippen LogP contribution in [0.3, 0.4) is 0 Å². The fourth-order valence-electron chi connectivity index (χ4n) is 1.63. The second-order valence-corrected chi connectivity index (χ2v) is 3.66. The molecule has 0 aliphatic heterocycles. The first kappa shape index (κ1) is 10.5. The summed E-state index contributed by atoms with van der Waals surface area (Å²) in [7, 11) is 0. The van der Waals surface area contributed by atoms with Crippen molar-refractivity contribution in [3.63, 3.8) is 0 Å². The van der Waals surface area contributed by atoms with Gasteiger partial charge >= 0.3 is 0 Å². The Morgan fingerprint density at radius 3 is 2.81 bits per heavy atom. The van der Waals surface area contributed by atoms with Crippen molar-refractivity contribution < 1.29 is 5.11 Å². The average molecular weight is 212 g/mol. The maximum absolute atomic E-state index is 8.94. The third-order valence-electron chi connectivity index (χ3n) is 2.42. The number of aromatic nitrogens is 1. The van der Waals surface area contributed by atoms with E-state index >= 15 is 0 Å². The Labute approximate surface area is 94.2 Å². The van der Waals surface area contributed by atoms with Crippen LogP contribution in [0.15, 0.2) is 42.7 Å². The quantitative estimate of drug-likeness (QED) is 0.844. The molecule has 0 fully saturated rings. The first-order valence-electron chi connectivity index (χ1n) is 5.06. The lowest BCUT2D eigenvalue weighted by Gasteiger charge is -2.03. The van der Waals surface area contributed by atoms with Gasteiger partial charge in [-0.1, -0.05) is 12.1 Å². The SMILES string of the molecule is N#Cc1cccc(Cn2ccc(CO)c2)c1. The molecule has 0 spiro atoms. The van der Waals surface area contributed by atoms with Crippen LogP contribution in [0.5, 0.6) is 0 Å². The lowest BCUT2D eigenvalue weighted by Crippen LogP contribution is -1.96. The zero-order valence-electron chi connectivity index (χ0n) is 8.80. The first-order valence-corrected chi connectivity index (χ1v) is 5.06. The van der Waals surface area contributed by atoms with Gasteiger partial charge in [0.05, 0.1) is 18.2 Å². The summed E-state index contributed by atoms with van der Waals surface area (Å²) in [5.41, 5.74) is 2.66. The maximum Gasteiger partial charge on any atom is 0.0991 e. The molecule has 2 aromatic rings. The van der Waals surface area contributed by atoms with E-state index in [0.717, 1.165) is 17.7 Å². The van der Waals surface area contributed by atoms with E-state index in [2.05, 4.69) is 6.07 Å². The molecular formula is C13H12N2O. The minimum absolute atomic E-state index is 0.0607. The van der Waals surface area contributed by atoms with Gasteiger partial charge in [-0.25, -0.2) is 0 Å². The zero-order valence-corrected chi connectivity index (χ0v) is 8.80. The smallest absolute Gasteiger partial charge is 0.0991 e. The van der Waals surface area contributed by atoms with Crippen LogP contribution in [0.4, 0.5) is 0 Å². The molecule has 2 rings (SSSR count). The molecule has 1 N–H and O–H groups in total. The molecule has 1 heterocycles. The van der Waals surface area contributed by atoms with Gasteiger partial charge in [0.2, 0.25) is 0 Å². The van der Waals surface area contributed by atoms with Crippen molar-refractivity contribution in [1.29, 1.82) is 5.26 Å². The Kier molecular flexibility index (Phi) is 3.04. The number of nitrogens with zero attached hydrogens (tertiary/aromatic N) is 2. The highest BCUT2D eigenvalue weighted by Gasteiger charge is 1.98. The summed E-state index contributed by atoms with van der Waals surface area (Å²) in [6, 6.07) is 11.5. The van der Waals surface area contributed by atoms with Crippen LogP contribution >= 0.6 is 0 Å². The first-order chi connectivity index (χ1) is 7.81. The van der Waals surface area contributed by atoms with Gasteiger partial charge in [-0.2, -0.15) is 5.26 Å². The Bertz CT molecular complexity index is 523. The predicted octanol–water partition coefficient (Wildman–Crippen LogP) is 1.90. The summed E-state index contributed by atoms with van der Waals surface area (Å²) in [6.45, 7) is 0.779. The number of hydrogen-bond acceptors (Lipinski definition) is 2. The third-order valence-corrected chi connectivity index (χ3v) is 2.42. The molecule has 0 unspecified atom stereocenters. The molecule has 0 aliphatic rings. The van der Waals surface area contributed by atoms with Gasteiger partial charge in [0, 0.05) is 18.9 Å². The van der Waals surface area contributed by atoms with Crippen molar-refractivity contribution in [1.82, 2.24) is 4.57 Å². The molecule has 0 aliphatic carbocycles. The van der Waals surface area contributed by atoms with E-state index < -0.39 is 0 Å². The van der Waals surface area contributed by atoms with E-state index in [4.69, 9.17) is 10.4 Å². The predicted molar refractivity (Wildman–Crippen MR) is 60.6 cm³/mol. The molecule has 0 radical (unpaired) electrons. The van der Waals surface area contributed by atoms with Gasteiger partial charge in [-0.15, -0.1) is 0 Å². The maximum atomic E-state index is 8.94. The van der Waals surface area contributed by atoms with Crippen LogP contribution < -0.4 is 0 Å². The summed E-state index contributed by atoms with van der Waals surface area (Å²) in [5, 5.41) is 17.7. The molecule has 3 nitrogen and oxygen atoms in total. The Morgan fingerprint density at radius 2 is 2.12 bits per heavy atom. The monoisotopic (exact) mass is 212 g/mol. The van der Waals surface area contributed by atoms with E-state index in [0.29, 0.717) is 5.56 Å². The molecule has 0 atom stereocenters. The van der Waals surface area contributed by atoms with Gasteiger partial charge < -0.3 is 9.67 Å². The van der Waals surface area contributed by atoms with E-state index in [-0.39, 0.29) is 6.61 Å². The molecular weight excluding hydrogens is 200 g/mol. The topological polar surface area (TPSA) is 49.0 Å². The van der Waals surface area contributed by atoms with Crippen molar-refractivity contribution >= 4 is 0 Å². The minimum Gasteiger partial charge on any atom is -0.392 e. The third kappa shape index (κ3) is 2.30. The van der Waals surface area contributed by atoms with E-state index in [1.54, 1.807) is 6.07 Å². The normalized spacial score (nSPS) is 10.0. The summed E-state index contributed by atoms with van der Waals surface area (Å²) in [5.74, 6) is 0. The zero-order chi connectivity index (χ0) is 11.4. The van der Waals surface area contributed by atoms with Crippen LogP contribution in [0.1, 0.15) is 16.7 Å². The summed E-state index contributed by atoms with van der Waals surface area (Å²) >= 11 is 0. The van der Waals surface area contributed by atoms with Crippen molar-refractivity contribution in [3.05, 3.63) is 59.4 Å². The largest absolute Gasteiger partial charge is 0.392 e. The fourth-order valence-corrected chi connectivity index (χ4v) is 1.63. The molecule has 80 valence electrons. The Balaban J connectivity index is 2.17. The van der Waals surface area contributed by atoms with Crippen molar-refractivity contribution in [2.24, 2.45) is 0 Å². The lowest BCUT2D eigenvalue weighted by atomic mass is 10.1. The van der Waals surface area contributed by atoms with Crippen LogP contribution in [-0.4, -0.2) is 9.67 Å². The van der Waals surface area contributed by atoms with E-state index in [1.807, 2.05) is 41.2 Å². The highest BCUT2D eigenvalue weighted by atomic mass is 16.3. The lowest BCUT2D eigenvalue weighted by molar-refractivity contribution is 0.282. The van der Waals surface area contributed by atoms with Crippen LogP contribution in [-0.2, 0) is 13.2 Å². The molecule has 0 saturated carbocycles. The highest BCUT2D eigenvalue weighted by Crippen LogP contribution is 2.08. The second-order valence-electron chi connectivity index (χ2n) is 3.66. The Morgan fingerprint density at radius 1 is 1.25 bits per heavy atom. The van der Waals surface area contributed by atoms with Crippen LogP contribution in [0.25, 0.3) is 0 Å².